The van der Waals surface area contributed by atoms with Crippen LogP contribution in [-0.4, -0.2) is 25.1 Å². The maximum atomic E-state index is 13.1. The molecule has 1 aliphatic heterocycles. The Hall–Kier alpha value is -4.13. The van der Waals surface area contributed by atoms with E-state index in [0.29, 0.717) is 35.8 Å². The van der Waals surface area contributed by atoms with Crippen molar-refractivity contribution in [2.24, 2.45) is 4.99 Å². The third kappa shape index (κ3) is 6.50. The number of rotatable bonds is 11. The second-order valence-corrected chi connectivity index (χ2v) is 8.12. The summed E-state index contributed by atoms with van der Waals surface area (Å²) in [5.41, 5.74) is 2.43. The molecule has 0 N–H and O–H groups in total. The molecule has 0 fully saturated rings. The number of nitrogens with zero attached hydrogens (tertiary/aromatic N) is 1. The van der Waals surface area contributed by atoms with Crippen molar-refractivity contribution in [2.75, 3.05) is 13.2 Å². The van der Waals surface area contributed by atoms with Gasteiger partial charge in [0.25, 0.3) is 0 Å². The van der Waals surface area contributed by atoms with E-state index in [1.165, 1.54) is 12.1 Å². The van der Waals surface area contributed by atoms with Crippen LogP contribution in [0.25, 0.3) is 6.08 Å². The van der Waals surface area contributed by atoms with E-state index in [4.69, 9.17) is 18.9 Å². The van der Waals surface area contributed by atoms with Crippen LogP contribution < -0.4 is 14.2 Å². The quantitative estimate of drug-likeness (QED) is 0.179. The molecule has 0 saturated heterocycles. The highest BCUT2D eigenvalue weighted by molar-refractivity contribution is 6.12. The molecule has 0 saturated carbocycles. The van der Waals surface area contributed by atoms with Gasteiger partial charge in [-0.2, -0.15) is 0 Å². The lowest BCUT2D eigenvalue weighted by atomic mass is 10.1. The zero-order chi connectivity index (χ0) is 25.3. The van der Waals surface area contributed by atoms with Crippen LogP contribution in [0.3, 0.4) is 0 Å². The molecule has 4 rings (SSSR count). The van der Waals surface area contributed by atoms with E-state index >= 15 is 0 Å². The Bertz CT molecular complexity index is 1250. The largest absolute Gasteiger partial charge is 0.494 e. The number of benzene rings is 3. The summed E-state index contributed by atoms with van der Waals surface area (Å²) in [6.07, 6.45) is 3.70. The first-order valence-corrected chi connectivity index (χ1v) is 12.0. The molecule has 0 aromatic heterocycles. The van der Waals surface area contributed by atoms with Crippen LogP contribution in [0.5, 0.6) is 17.2 Å². The maximum Gasteiger partial charge on any atom is 0.363 e. The van der Waals surface area contributed by atoms with Crippen LogP contribution in [0.15, 0.2) is 77.4 Å². The summed E-state index contributed by atoms with van der Waals surface area (Å²) >= 11 is 0. The lowest BCUT2D eigenvalue weighted by molar-refractivity contribution is -0.129. The first-order chi connectivity index (χ1) is 17.6. The fourth-order valence-corrected chi connectivity index (χ4v) is 3.46. The Morgan fingerprint density at radius 2 is 1.69 bits per heavy atom. The SMILES string of the molecule is CCCCOc1ccc(C2=N/C(=C\c3ccc(OCc4ccc(F)cc4)c(OCC)c3)C(=O)O2)cc1. The van der Waals surface area contributed by atoms with Crippen LogP contribution in [0, 0.1) is 5.82 Å². The number of unbranched alkanes of at least 4 members (excludes halogenated alkanes) is 1. The Morgan fingerprint density at radius 3 is 2.42 bits per heavy atom. The normalized spacial score (nSPS) is 13.9. The van der Waals surface area contributed by atoms with E-state index in [0.717, 1.165) is 24.2 Å². The highest BCUT2D eigenvalue weighted by Gasteiger charge is 2.24. The van der Waals surface area contributed by atoms with Gasteiger partial charge in [0.2, 0.25) is 5.90 Å². The molecule has 3 aromatic rings. The lowest BCUT2D eigenvalue weighted by Crippen LogP contribution is -2.05. The van der Waals surface area contributed by atoms with E-state index in [9.17, 15) is 9.18 Å². The highest BCUT2D eigenvalue weighted by atomic mass is 19.1. The Morgan fingerprint density at radius 1 is 0.917 bits per heavy atom. The molecule has 0 aliphatic carbocycles. The van der Waals surface area contributed by atoms with Crippen molar-refractivity contribution in [1.82, 2.24) is 0 Å². The van der Waals surface area contributed by atoms with Crippen LogP contribution in [-0.2, 0) is 16.1 Å². The zero-order valence-electron chi connectivity index (χ0n) is 20.3. The van der Waals surface area contributed by atoms with E-state index in [2.05, 4.69) is 11.9 Å². The number of ether oxygens (including phenoxy) is 4. The monoisotopic (exact) mass is 489 g/mol. The summed E-state index contributed by atoms with van der Waals surface area (Å²) in [7, 11) is 0. The first-order valence-electron chi connectivity index (χ1n) is 12.0. The van der Waals surface area contributed by atoms with Crippen LogP contribution in [0.4, 0.5) is 4.39 Å². The molecule has 6 nitrogen and oxygen atoms in total. The molecule has 36 heavy (non-hydrogen) atoms. The molecule has 3 aromatic carbocycles. The lowest BCUT2D eigenvalue weighted by Gasteiger charge is -2.13. The topological polar surface area (TPSA) is 66.3 Å². The van der Waals surface area contributed by atoms with Crippen LogP contribution in [0.1, 0.15) is 43.4 Å². The van der Waals surface area contributed by atoms with Gasteiger partial charge in [0.05, 0.1) is 13.2 Å². The minimum Gasteiger partial charge on any atom is -0.494 e. The third-order valence-electron chi connectivity index (χ3n) is 5.37. The number of esters is 1. The second-order valence-electron chi connectivity index (χ2n) is 8.12. The van der Waals surface area contributed by atoms with Gasteiger partial charge in [-0.3, -0.25) is 0 Å². The molecule has 0 unspecified atom stereocenters. The van der Waals surface area contributed by atoms with E-state index in [-0.39, 0.29) is 24.0 Å². The van der Waals surface area contributed by atoms with Crippen LogP contribution in [0.2, 0.25) is 0 Å². The predicted molar refractivity (Wildman–Crippen MR) is 136 cm³/mol. The standard InChI is InChI=1S/C29H28FNO5/c1-3-5-16-34-24-13-9-22(10-14-24)28-31-25(29(32)36-28)17-21-8-15-26(27(18-21)33-4-2)35-19-20-6-11-23(30)12-7-20/h6-15,17-18H,3-5,16,19H2,1-2H3/b25-17-. The minimum absolute atomic E-state index is 0.190. The summed E-state index contributed by atoms with van der Waals surface area (Å²) in [5.74, 6) is 1.26. The van der Waals surface area contributed by atoms with Crippen molar-refractivity contribution in [1.29, 1.82) is 0 Å². The summed E-state index contributed by atoms with van der Waals surface area (Å²) in [6.45, 7) is 5.36. The van der Waals surface area contributed by atoms with Gasteiger partial charge in [-0.05, 0) is 79.1 Å². The van der Waals surface area contributed by atoms with Crippen LogP contribution >= 0.6 is 0 Å². The number of hydrogen-bond donors (Lipinski definition) is 0. The van der Waals surface area contributed by atoms with Gasteiger partial charge in [0, 0.05) is 5.56 Å². The molecule has 1 heterocycles. The second kappa shape index (κ2) is 12.0. The van der Waals surface area contributed by atoms with Crippen molar-refractivity contribution in [3.05, 3.63) is 94.9 Å². The fourth-order valence-electron chi connectivity index (χ4n) is 3.46. The Balaban J connectivity index is 1.48. The molecule has 0 radical (unpaired) electrons. The zero-order valence-corrected chi connectivity index (χ0v) is 20.3. The molecule has 0 bridgehead atoms. The smallest absolute Gasteiger partial charge is 0.363 e. The van der Waals surface area contributed by atoms with E-state index in [1.54, 1.807) is 36.4 Å². The van der Waals surface area contributed by atoms with Gasteiger partial charge in [0.15, 0.2) is 17.2 Å². The number of carbonyl (C=O) groups is 1. The molecular formula is C29H28FNO5. The van der Waals surface area contributed by atoms with Gasteiger partial charge in [-0.15, -0.1) is 0 Å². The van der Waals surface area contributed by atoms with Gasteiger partial charge < -0.3 is 18.9 Å². The van der Waals surface area contributed by atoms with Crippen molar-refractivity contribution < 1.29 is 28.1 Å². The Kier molecular flexibility index (Phi) is 8.34. The average molecular weight is 490 g/mol. The number of aliphatic imine (C=N–C) groups is 1. The number of carbonyl (C=O) groups excluding carboxylic acids is 1. The highest BCUT2D eigenvalue weighted by Crippen LogP contribution is 2.31. The van der Waals surface area contributed by atoms with Crippen molar-refractivity contribution in [3.63, 3.8) is 0 Å². The number of halogens is 1. The average Bonchev–Trinajstić information content (AvgIpc) is 3.25. The number of cyclic esters (lactones) is 1. The van der Waals surface area contributed by atoms with E-state index < -0.39 is 5.97 Å². The molecule has 7 heteroatoms. The molecule has 0 atom stereocenters. The molecule has 0 amide bonds. The maximum absolute atomic E-state index is 13.1. The molecule has 0 spiro atoms. The fraction of sp³-hybridized carbons (Fsp3) is 0.241. The van der Waals surface area contributed by atoms with Gasteiger partial charge in [-0.25, -0.2) is 14.2 Å². The summed E-state index contributed by atoms with van der Waals surface area (Å²) < 4.78 is 35.8. The van der Waals surface area contributed by atoms with Gasteiger partial charge in [0.1, 0.15) is 18.2 Å². The van der Waals surface area contributed by atoms with Gasteiger partial charge >= 0.3 is 5.97 Å². The number of hydrogen-bond acceptors (Lipinski definition) is 6. The van der Waals surface area contributed by atoms with E-state index in [1.807, 2.05) is 31.2 Å². The van der Waals surface area contributed by atoms with Crippen molar-refractivity contribution in [2.45, 2.75) is 33.3 Å². The summed E-state index contributed by atoms with van der Waals surface area (Å²) in [5, 5.41) is 0. The third-order valence-corrected chi connectivity index (χ3v) is 5.37. The van der Waals surface area contributed by atoms with Crippen molar-refractivity contribution in [3.8, 4) is 17.2 Å². The molecule has 186 valence electrons. The summed E-state index contributed by atoms with van der Waals surface area (Å²) in [4.78, 5) is 16.8. The van der Waals surface area contributed by atoms with Gasteiger partial charge in [-0.1, -0.05) is 31.5 Å². The first kappa shape index (κ1) is 25.0. The predicted octanol–water partition coefficient (Wildman–Crippen LogP) is 6.33. The van der Waals surface area contributed by atoms with Crippen molar-refractivity contribution >= 4 is 17.9 Å². The molecule has 1 aliphatic rings. The molecular weight excluding hydrogens is 461 g/mol. The minimum atomic E-state index is -0.525. The Labute approximate surface area is 210 Å². The summed E-state index contributed by atoms with van der Waals surface area (Å²) in [6, 6.07) is 18.8.